The summed E-state index contributed by atoms with van der Waals surface area (Å²) in [5, 5.41) is 12.0. The zero-order chi connectivity index (χ0) is 17.6. The lowest BCUT2D eigenvalue weighted by Gasteiger charge is -2.29. The summed E-state index contributed by atoms with van der Waals surface area (Å²) < 4.78 is 0. The number of hydrogen-bond donors (Lipinski definition) is 2. The number of amides is 1. The molecule has 0 spiro atoms. The summed E-state index contributed by atoms with van der Waals surface area (Å²) >= 11 is 0. The molecular weight excluding hydrogens is 318 g/mol. The van der Waals surface area contributed by atoms with E-state index in [9.17, 15) is 9.59 Å². The predicted molar refractivity (Wildman–Crippen MR) is 97.9 cm³/mol. The molecule has 136 valence electrons. The van der Waals surface area contributed by atoms with E-state index in [1.807, 2.05) is 17.0 Å². The smallest absolute Gasteiger partial charge is 0.306 e. The topological polar surface area (TPSA) is 72.9 Å². The molecule has 0 bridgehead atoms. The number of benzene rings is 1. The van der Waals surface area contributed by atoms with Crippen molar-refractivity contribution in [1.82, 2.24) is 4.90 Å². The molecule has 6 nitrogen and oxygen atoms in total. The number of carboxylic acids is 1. The Morgan fingerprint density at radius 3 is 2.24 bits per heavy atom. The monoisotopic (exact) mass is 345 g/mol. The minimum absolute atomic E-state index is 0.0421. The number of likely N-dealkylation sites (tertiary alicyclic amines) is 1. The molecule has 6 heteroatoms. The zero-order valence-corrected chi connectivity index (χ0v) is 14.6. The van der Waals surface area contributed by atoms with Gasteiger partial charge in [0.25, 0.3) is 0 Å². The number of carbonyl (C=O) groups is 2. The Bertz CT molecular complexity index is 588. The van der Waals surface area contributed by atoms with Crippen molar-refractivity contribution in [2.45, 2.75) is 32.1 Å². The van der Waals surface area contributed by atoms with Gasteiger partial charge in [0.05, 0.1) is 12.5 Å². The first-order valence-electron chi connectivity index (χ1n) is 9.22. The van der Waals surface area contributed by atoms with Gasteiger partial charge >= 0.3 is 5.97 Å². The molecule has 2 heterocycles. The Morgan fingerprint density at radius 1 is 1.00 bits per heavy atom. The number of aliphatic carboxylic acids is 1. The van der Waals surface area contributed by atoms with Gasteiger partial charge in [0.15, 0.2) is 0 Å². The summed E-state index contributed by atoms with van der Waals surface area (Å²) in [5.74, 6) is -1.03. The van der Waals surface area contributed by atoms with Crippen molar-refractivity contribution < 1.29 is 14.7 Å². The summed E-state index contributed by atoms with van der Waals surface area (Å²) in [4.78, 5) is 27.6. The van der Waals surface area contributed by atoms with Crippen molar-refractivity contribution in [3.8, 4) is 0 Å². The standard InChI is InChI=1S/C19H27N3O3/c23-18(14-21-12-8-15(9-13-21)19(24)25)20-16-4-6-17(7-5-16)22-10-2-1-3-11-22/h4-7,15H,1-3,8-14H2,(H,20,23)(H,24,25). The van der Waals surface area contributed by atoms with Crippen LogP contribution in [0.3, 0.4) is 0 Å². The number of carbonyl (C=O) groups excluding carboxylic acids is 1. The van der Waals surface area contributed by atoms with Crippen molar-refractivity contribution in [3.63, 3.8) is 0 Å². The van der Waals surface area contributed by atoms with Crippen LogP contribution in [0.2, 0.25) is 0 Å². The molecule has 2 aliphatic heterocycles. The van der Waals surface area contributed by atoms with E-state index in [1.54, 1.807) is 0 Å². The molecule has 0 saturated carbocycles. The lowest BCUT2D eigenvalue weighted by Crippen LogP contribution is -2.40. The van der Waals surface area contributed by atoms with Crippen LogP contribution in [0.5, 0.6) is 0 Å². The van der Waals surface area contributed by atoms with E-state index in [0.717, 1.165) is 18.8 Å². The van der Waals surface area contributed by atoms with Crippen molar-refractivity contribution in [1.29, 1.82) is 0 Å². The third kappa shape index (κ3) is 4.95. The SMILES string of the molecule is O=C(CN1CCC(C(=O)O)CC1)Nc1ccc(N2CCCCC2)cc1. The van der Waals surface area contributed by atoms with Crippen molar-refractivity contribution in [2.24, 2.45) is 5.92 Å². The minimum atomic E-state index is -0.724. The maximum Gasteiger partial charge on any atom is 0.306 e. The zero-order valence-electron chi connectivity index (χ0n) is 14.6. The second-order valence-corrected chi connectivity index (χ2v) is 7.03. The molecule has 3 rings (SSSR count). The molecule has 0 unspecified atom stereocenters. The highest BCUT2D eigenvalue weighted by Crippen LogP contribution is 2.22. The predicted octanol–water partition coefficient (Wildman–Crippen LogP) is 2.41. The van der Waals surface area contributed by atoms with Gasteiger partial charge in [-0.05, 0) is 69.5 Å². The van der Waals surface area contributed by atoms with Crippen LogP contribution >= 0.6 is 0 Å². The lowest BCUT2D eigenvalue weighted by atomic mass is 9.97. The maximum atomic E-state index is 12.2. The van der Waals surface area contributed by atoms with Crippen LogP contribution in [-0.2, 0) is 9.59 Å². The Morgan fingerprint density at radius 2 is 1.64 bits per heavy atom. The van der Waals surface area contributed by atoms with Crippen LogP contribution in [-0.4, -0.2) is 54.6 Å². The quantitative estimate of drug-likeness (QED) is 0.857. The molecule has 0 aromatic heterocycles. The van der Waals surface area contributed by atoms with E-state index in [0.29, 0.717) is 32.5 Å². The summed E-state index contributed by atoms with van der Waals surface area (Å²) in [5.41, 5.74) is 2.03. The normalized spacial score (nSPS) is 19.6. The minimum Gasteiger partial charge on any atom is -0.481 e. The van der Waals surface area contributed by atoms with Crippen LogP contribution in [0.25, 0.3) is 0 Å². The van der Waals surface area contributed by atoms with Crippen LogP contribution < -0.4 is 10.2 Å². The number of hydrogen-bond acceptors (Lipinski definition) is 4. The molecule has 0 atom stereocenters. The molecule has 25 heavy (non-hydrogen) atoms. The van der Waals surface area contributed by atoms with Crippen LogP contribution in [0, 0.1) is 5.92 Å². The number of piperidine rings is 2. The van der Waals surface area contributed by atoms with Crippen LogP contribution in [0.15, 0.2) is 24.3 Å². The molecule has 0 aliphatic carbocycles. The molecule has 2 saturated heterocycles. The van der Waals surface area contributed by atoms with Crippen molar-refractivity contribution >= 4 is 23.3 Å². The molecule has 2 aliphatic rings. The number of nitrogens with one attached hydrogen (secondary N) is 1. The largest absolute Gasteiger partial charge is 0.481 e. The molecular formula is C19H27N3O3. The van der Waals surface area contributed by atoms with Gasteiger partial charge in [-0.2, -0.15) is 0 Å². The molecule has 1 aromatic carbocycles. The van der Waals surface area contributed by atoms with Crippen molar-refractivity contribution in [2.75, 3.05) is 42.9 Å². The average molecular weight is 345 g/mol. The third-order valence-corrected chi connectivity index (χ3v) is 5.18. The molecule has 2 N–H and O–H groups in total. The van der Waals surface area contributed by atoms with E-state index in [-0.39, 0.29) is 11.8 Å². The summed E-state index contributed by atoms with van der Waals surface area (Å²) in [6.45, 7) is 3.87. The fourth-order valence-corrected chi connectivity index (χ4v) is 3.65. The van der Waals surface area contributed by atoms with Crippen molar-refractivity contribution in [3.05, 3.63) is 24.3 Å². The van der Waals surface area contributed by atoms with E-state index in [2.05, 4.69) is 22.3 Å². The summed E-state index contributed by atoms with van der Waals surface area (Å²) in [6.07, 6.45) is 5.04. The Hall–Kier alpha value is -2.08. The Labute approximate surface area is 148 Å². The highest BCUT2D eigenvalue weighted by molar-refractivity contribution is 5.92. The highest BCUT2D eigenvalue weighted by atomic mass is 16.4. The second-order valence-electron chi connectivity index (χ2n) is 7.03. The molecule has 0 radical (unpaired) electrons. The van der Waals surface area contributed by atoms with Gasteiger partial charge in [0, 0.05) is 24.5 Å². The Kier molecular flexibility index (Phi) is 5.91. The van der Waals surface area contributed by atoms with Crippen LogP contribution in [0.4, 0.5) is 11.4 Å². The van der Waals surface area contributed by atoms with E-state index in [1.165, 1.54) is 24.9 Å². The molecule has 2 fully saturated rings. The third-order valence-electron chi connectivity index (χ3n) is 5.18. The van der Waals surface area contributed by atoms with Gasteiger partial charge in [-0.15, -0.1) is 0 Å². The van der Waals surface area contributed by atoms with Crippen LogP contribution in [0.1, 0.15) is 32.1 Å². The number of carboxylic acid groups (broad SMARTS) is 1. The van der Waals surface area contributed by atoms with Gasteiger partial charge < -0.3 is 15.3 Å². The first-order chi connectivity index (χ1) is 12.1. The average Bonchev–Trinajstić information content (AvgIpc) is 2.63. The maximum absolute atomic E-state index is 12.2. The Balaban J connectivity index is 1.45. The van der Waals surface area contributed by atoms with Gasteiger partial charge in [-0.1, -0.05) is 0 Å². The lowest BCUT2D eigenvalue weighted by molar-refractivity contribution is -0.143. The summed E-state index contributed by atoms with van der Waals surface area (Å²) in [6, 6.07) is 8.05. The number of nitrogens with zero attached hydrogens (tertiary/aromatic N) is 2. The van der Waals surface area contributed by atoms with E-state index < -0.39 is 5.97 Å². The van der Waals surface area contributed by atoms with Gasteiger partial charge in [-0.3, -0.25) is 14.5 Å². The number of anilines is 2. The van der Waals surface area contributed by atoms with Gasteiger partial charge in [-0.25, -0.2) is 0 Å². The fourth-order valence-electron chi connectivity index (χ4n) is 3.65. The van der Waals surface area contributed by atoms with Gasteiger partial charge in [0.1, 0.15) is 0 Å². The first-order valence-corrected chi connectivity index (χ1v) is 9.22. The van der Waals surface area contributed by atoms with E-state index >= 15 is 0 Å². The molecule has 1 aromatic rings. The second kappa shape index (κ2) is 8.34. The highest BCUT2D eigenvalue weighted by Gasteiger charge is 2.25. The first kappa shape index (κ1) is 17.7. The number of rotatable bonds is 5. The van der Waals surface area contributed by atoms with E-state index in [4.69, 9.17) is 5.11 Å². The molecule has 1 amide bonds. The summed E-state index contributed by atoms with van der Waals surface area (Å²) in [7, 11) is 0. The van der Waals surface area contributed by atoms with Gasteiger partial charge in [0.2, 0.25) is 5.91 Å². The fraction of sp³-hybridized carbons (Fsp3) is 0.579.